The molecular weight excluding hydrogens is 345 g/mol. The summed E-state index contributed by atoms with van der Waals surface area (Å²) in [4.78, 5) is 4.47. The number of nitrogens with two attached hydrogens (primary N) is 1. The van der Waals surface area contributed by atoms with Crippen LogP contribution in [0.25, 0.3) is 0 Å². The van der Waals surface area contributed by atoms with E-state index in [9.17, 15) is 0 Å². The summed E-state index contributed by atoms with van der Waals surface area (Å²) in [6.07, 6.45) is 0.828. The summed E-state index contributed by atoms with van der Waals surface area (Å²) >= 11 is 4.02. The highest BCUT2D eigenvalue weighted by molar-refractivity contribution is 14.1. The molecule has 0 fully saturated rings. The third-order valence-electron chi connectivity index (χ3n) is 2.53. The number of halogens is 1. The fourth-order valence-electron chi connectivity index (χ4n) is 1.69. The van der Waals surface area contributed by atoms with Crippen molar-refractivity contribution in [2.45, 2.75) is 19.4 Å². The first-order valence-corrected chi connectivity index (χ1v) is 7.28. The Morgan fingerprint density at radius 2 is 2.24 bits per heavy atom. The normalized spacial score (nSPS) is 12.6. The lowest BCUT2D eigenvalue weighted by atomic mass is 10.1. The van der Waals surface area contributed by atoms with Crippen LogP contribution in [-0.4, -0.2) is 4.98 Å². The topological polar surface area (TPSA) is 50.9 Å². The molecule has 0 saturated heterocycles. The van der Waals surface area contributed by atoms with Crippen molar-refractivity contribution in [2.24, 2.45) is 5.84 Å². The van der Waals surface area contributed by atoms with E-state index in [0.29, 0.717) is 0 Å². The zero-order chi connectivity index (χ0) is 12.3. The van der Waals surface area contributed by atoms with Crippen molar-refractivity contribution in [1.29, 1.82) is 0 Å². The number of aromatic nitrogens is 1. The minimum Gasteiger partial charge on any atom is -0.271 e. The molecule has 0 bridgehead atoms. The minimum atomic E-state index is 0.119. The zero-order valence-corrected chi connectivity index (χ0v) is 12.5. The number of hydrogen-bond acceptors (Lipinski definition) is 4. The lowest BCUT2D eigenvalue weighted by molar-refractivity contribution is 0.548. The average molecular weight is 359 g/mol. The first-order chi connectivity index (χ1) is 8.20. The van der Waals surface area contributed by atoms with E-state index in [1.54, 1.807) is 11.3 Å². The highest BCUT2D eigenvalue weighted by atomic mass is 127. The standard InChI is InChI=1S/C12H14IN3S/c1-8-7-17-12(15-8)6-11(16-14)9-4-2-3-5-10(9)13/h2-5,7,11,16H,6,14H2,1H3. The van der Waals surface area contributed by atoms with E-state index in [1.807, 2.05) is 19.1 Å². The monoisotopic (exact) mass is 359 g/mol. The molecule has 0 aliphatic carbocycles. The summed E-state index contributed by atoms with van der Waals surface area (Å²) in [6.45, 7) is 2.01. The van der Waals surface area contributed by atoms with Gasteiger partial charge >= 0.3 is 0 Å². The van der Waals surface area contributed by atoms with Crippen LogP contribution >= 0.6 is 33.9 Å². The smallest absolute Gasteiger partial charge is 0.0947 e. The van der Waals surface area contributed by atoms with Gasteiger partial charge in [-0.3, -0.25) is 11.3 Å². The number of thiazole rings is 1. The number of rotatable bonds is 4. The van der Waals surface area contributed by atoms with Crippen LogP contribution in [0.15, 0.2) is 29.6 Å². The van der Waals surface area contributed by atoms with Crippen LogP contribution in [-0.2, 0) is 6.42 Å². The minimum absolute atomic E-state index is 0.119. The summed E-state index contributed by atoms with van der Waals surface area (Å²) in [5, 5.41) is 3.18. The number of hydrogen-bond donors (Lipinski definition) is 2. The molecule has 0 saturated carbocycles. The Hall–Kier alpha value is -0.500. The fraction of sp³-hybridized carbons (Fsp3) is 0.250. The molecule has 2 aromatic rings. The van der Waals surface area contributed by atoms with Crippen LogP contribution in [0, 0.1) is 10.5 Å². The molecule has 1 atom stereocenters. The van der Waals surface area contributed by atoms with Gasteiger partial charge < -0.3 is 0 Å². The molecule has 0 aliphatic heterocycles. The van der Waals surface area contributed by atoms with Gasteiger partial charge in [-0.25, -0.2) is 4.98 Å². The van der Waals surface area contributed by atoms with Crippen LogP contribution < -0.4 is 11.3 Å². The van der Waals surface area contributed by atoms with Crippen LogP contribution in [0.4, 0.5) is 0 Å². The van der Waals surface area contributed by atoms with Crippen LogP contribution in [0.1, 0.15) is 22.3 Å². The molecule has 90 valence electrons. The van der Waals surface area contributed by atoms with Gasteiger partial charge in [-0.15, -0.1) is 11.3 Å². The predicted octanol–water partition coefficient (Wildman–Crippen LogP) is 2.80. The average Bonchev–Trinajstić information content (AvgIpc) is 2.73. The molecule has 3 N–H and O–H groups in total. The lowest BCUT2D eigenvalue weighted by Crippen LogP contribution is -2.30. The van der Waals surface area contributed by atoms with Crippen molar-refractivity contribution in [2.75, 3.05) is 0 Å². The van der Waals surface area contributed by atoms with Crippen molar-refractivity contribution in [3.05, 3.63) is 49.5 Å². The molecule has 1 unspecified atom stereocenters. The Balaban J connectivity index is 2.20. The molecule has 1 aromatic heterocycles. The van der Waals surface area contributed by atoms with Crippen LogP contribution in [0.3, 0.4) is 0 Å². The van der Waals surface area contributed by atoms with Gasteiger partial charge in [-0.05, 0) is 41.1 Å². The van der Waals surface area contributed by atoms with Crippen LogP contribution in [0.5, 0.6) is 0 Å². The highest BCUT2D eigenvalue weighted by Crippen LogP contribution is 2.24. The molecule has 17 heavy (non-hydrogen) atoms. The quantitative estimate of drug-likeness (QED) is 0.502. The molecule has 1 aromatic carbocycles. The third kappa shape index (κ3) is 3.25. The summed E-state index contributed by atoms with van der Waals surface area (Å²) < 4.78 is 1.22. The van der Waals surface area contributed by atoms with Gasteiger partial charge in [-0.2, -0.15) is 0 Å². The number of nitrogens with zero attached hydrogens (tertiary/aromatic N) is 1. The highest BCUT2D eigenvalue weighted by Gasteiger charge is 2.14. The molecular formula is C12H14IN3S. The number of benzene rings is 1. The second-order valence-electron chi connectivity index (χ2n) is 3.83. The fourth-order valence-corrected chi connectivity index (χ4v) is 3.27. The van der Waals surface area contributed by atoms with Gasteiger partial charge in [0, 0.05) is 21.1 Å². The summed E-state index contributed by atoms with van der Waals surface area (Å²) in [7, 11) is 0. The zero-order valence-electron chi connectivity index (χ0n) is 9.48. The second-order valence-corrected chi connectivity index (χ2v) is 5.93. The van der Waals surface area contributed by atoms with Crippen molar-refractivity contribution in [3.8, 4) is 0 Å². The Morgan fingerprint density at radius 1 is 1.47 bits per heavy atom. The number of hydrazine groups is 1. The van der Waals surface area contributed by atoms with E-state index in [4.69, 9.17) is 5.84 Å². The maximum absolute atomic E-state index is 5.65. The Bertz CT molecular complexity index is 498. The first kappa shape index (κ1) is 12.9. The predicted molar refractivity (Wildman–Crippen MR) is 79.8 cm³/mol. The Kier molecular flexibility index (Phi) is 4.49. The summed E-state index contributed by atoms with van der Waals surface area (Å²) in [5.74, 6) is 5.65. The molecule has 0 radical (unpaired) electrons. The number of nitrogens with one attached hydrogen (secondary N) is 1. The van der Waals surface area contributed by atoms with Crippen molar-refractivity contribution >= 4 is 33.9 Å². The van der Waals surface area contributed by atoms with Gasteiger partial charge in [0.1, 0.15) is 0 Å². The molecule has 3 nitrogen and oxygen atoms in total. The van der Waals surface area contributed by atoms with E-state index in [0.717, 1.165) is 17.1 Å². The second kappa shape index (κ2) is 5.90. The number of aryl methyl sites for hydroxylation is 1. The molecule has 0 spiro atoms. The molecule has 2 rings (SSSR count). The first-order valence-electron chi connectivity index (χ1n) is 5.32. The maximum atomic E-state index is 5.65. The third-order valence-corrected chi connectivity index (χ3v) is 4.50. The van der Waals surface area contributed by atoms with E-state index in [-0.39, 0.29) is 6.04 Å². The SMILES string of the molecule is Cc1csc(CC(NN)c2ccccc2I)n1. The molecule has 5 heteroatoms. The van der Waals surface area contributed by atoms with Crippen molar-refractivity contribution in [1.82, 2.24) is 10.4 Å². The van der Waals surface area contributed by atoms with E-state index < -0.39 is 0 Å². The maximum Gasteiger partial charge on any atom is 0.0947 e. The van der Waals surface area contributed by atoms with E-state index >= 15 is 0 Å². The van der Waals surface area contributed by atoms with Gasteiger partial charge in [0.15, 0.2) is 0 Å². The van der Waals surface area contributed by atoms with Crippen molar-refractivity contribution in [3.63, 3.8) is 0 Å². The van der Waals surface area contributed by atoms with E-state index in [1.165, 1.54) is 9.13 Å². The Labute approximate surface area is 119 Å². The van der Waals surface area contributed by atoms with Crippen LogP contribution in [0.2, 0.25) is 0 Å². The molecule has 0 aliphatic rings. The molecule has 0 amide bonds. The summed E-state index contributed by atoms with van der Waals surface area (Å²) in [6, 6.07) is 8.38. The van der Waals surface area contributed by atoms with Crippen molar-refractivity contribution < 1.29 is 0 Å². The Morgan fingerprint density at radius 3 is 2.82 bits per heavy atom. The van der Waals surface area contributed by atoms with Gasteiger partial charge in [0.25, 0.3) is 0 Å². The van der Waals surface area contributed by atoms with Gasteiger partial charge in [-0.1, -0.05) is 18.2 Å². The van der Waals surface area contributed by atoms with Gasteiger partial charge in [0.2, 0.25) is 0 Å². The van der Waals surface area contributed by atoms with Gasteiger partial charge in [0.05, 0.1) is 11.0 Å². The lowest BCUT2D eigenvalue weighted by Gasteiger charge is -2.16. The largest absolute Gasteiger partial charge is 0.271 e. The molecule has 1 heterocycles. The summed E-state index contributed by atoms with van der Waals surface area (Å²) in [5.41, 5.74) is 5.18. The van der Waals surface area contributed by atoms with E-state index in [2.05, 4.69) is 50.5 Å².